The van der Waals surface area contributed by atoms with Gasteiger partial charge in [-0.3, -0.25) is 4.79 Å². The zero-order chi connectivity index (χ0) is 14.5. The van der Waals surface area contributed by atoms with Crippen LogP contribution < -0.4 is 0 Å². The van der Waals surface area contributed by atoms with Gasteiger partial charge in [-0.2, -0.15) is 0 Å². The number of carbonyl (C=O) groups excluding carboxylic acids is 1. The molecule has 0 radical (unpaired) electrons. The second-order valence-electron chi connectivity index (χ2n) is 4.89. The van der Waals surface area contributed by atoms with Gasteiger partial charge in [-0.05, 0) is 37.1 Å². The van der Waals surface area contributed by atoms with E-state index in [2.05, 4.69) is 11.8 Å². The second-order valence-corrected chi connectivity index (χ2v) is 4.89. The number of amides is 1. The number of nitrogens with zero attached hydrogens (tertiary/aromatic N) is 1. The van der Waals surface area contributed by atoms with Gasteiger partial charge in [0.05, 0.1) is 6.10 Å². The third-order valence-corrected chi connectivity index (χ3v) is 3.54. The van der Waals surface area contributed by atoms with Crippen LogP contribution in [0.2, 0.25) is 0 Å². The summed E-state index contributed by atoms with van der Waals surface area (Å²) in [4.78, 5) is 14.2. The minimum absolute atomic E-state index is 0.0364. The predicted molar refractivity (Wildman–Crippen MR) is 76.5 cm³/mol. The van der Waals surface area contributed by atoms with Gasteiger partial charge in [-0.25, -0.2) is 0 Å². The molecule has 1 fully saturated rings. The molecule has 1 atom stereocenters. The van der Waals surface area contributed by atoms with Gasteiger partial charge in [0, 0.05) is 31.3 Å². The quantitative estimate of drug-likeness (QED) is 0.824. The lowest BCUT2D eigenvalue weighted by molar-refractivity contribution is 0.0724. The summed E-state index contributed by atoms with van der Waals surface area (Å²) in [7, 11) is 1.68. The zero-order valence-electron chi connectivity index (χ0n) is 11.8. The fraction of sp³-hybridized carbons (Fsp3) is 0.438. The molecule has 1 aromatic rings. The Morgan fingerprint density at radius 1 is 1.55 bits per heavy atom. The third-order valence-electron chi connectivity index (χ3n) is 3.54. The molecule has 4 heteroatoms. The molecular weight excluding hydrogens is 254 g/mol. The molecule has 1 saturated heterocycles. The van der Waals surface area contributed by atoms with Gasteiger partial charge >= 0.3 is 0 Å². The predicted octanol–water partition coefficient (Wildman–Crippen LogP) is 1.20. The molecule has 0 spiro atoms. The number of carbonyl (C=O) groups is 1. The lowest BCUT2D eigenvalue weighted by atomic mass is 10.0. The summed E-state index contributed by atoms with van der Waals surface area (Å²) in [5.41, 5.74) is 2.46. The molecule has 0 bridgehead atoms. The Morgan fingerprint density at radius 3 is 2.95 bits per heavy atom. The average molecular weight is 273 g/mol. The van der Waals surface area contributed by atoms with Gasteiger partial charge < -0.3 is 14.7 Å². The molecule has 20 heavy (non-hydrogen) atoms. The molecule has 4 nitrogen and oxygen atoms in total. The van der Waals surface area contributed by atoms with Crippen molar-refractivity contribution in [2.45, 2.75) is 19.4 Å². The van der Waals surface area contributed by atoms with E-state index in [4.69, 9.17) is 9.84 Å². The van der Waals surface area contributed by atoms with Crippen molar-refractivity contribution in [2.24, 2.45) is 0 Å². The van der Waals surface area contributed by atoms with Crippen molar-refractivity contribution < 1.29 is 14.6 Å². The van der Waals surface area contributed by atoms with Crippen LogP contribution in [0.15, 0.2) is 18.2 Å². The van der Waals surface area contributed by atoms with Crippen LogP contribution in [0.25, 0.3) is 0 Å². The first-order valence-corrected chi connectivity index (χ1v) is 6.68. The van der Waals surface area contributed by atoms with E-state index in [-0.39, 0.29) is 18.6 Å². The maximum Gasteiger partial charge on any atom is 0.253 e. The van der Waals surface area contributed by atoms with Crippen molar-refractivity contribution in [2.75, 3.05) is 26.8 Å². The van der Waals surface area contributed by atoms with Crippen LogP contribution in [-0.2, 0) is 4.74 Å². The Labute approximate surface area is 119 Å². The van der Waals surface area contributed by atoms with Crippen molar-refractivity contribution in [1.29, 1.82) is 0 Å². The fourth-order valence-corrected chi connectivity index (χ4v) is 2.36. The van der Waals surface area contributed by atoms with Crippen molar-refractivity contribution in [1.82, 2.24) is 4.90 Å². The zero-order valence-corrected chi connectivity index (χ0v) is 11.8. The first-order chi connectivity index (χ1) is 9.65. The molecule has 1 aliphatic rings. The van der Waals surface area contributed by atoms with Gasteiger partial charge in [-0.1, -0.05) is 11.8 Å². The standard InChI is InChI=1S/C16H19NO3/c1-12-10-14(6-5-13(12)4-3-9-18)16(19)17-8-7-15(11-17)20-2/h5-6,10,15,18H,7-9,11H2,1-2H3. The van der Waals surface area contributed by atoms with Crippen LogP contribution in [0, 0.1) is 18.8 Å². The molecule has 1 amide bonds. The highest BCUT2D eigenvalue weighted by atomic mass is 16.5. The summed E-state index contributed by atoms with van der Waals surface area (Å²) in [6.07, 6.45) is 1.04. The first kappa shape index (κ1) is 14.6. The molecule has 0 saturated carbocycles. The number of hydrogen-bond donors (Lipinski definition) is 1. The van der Waals surface area contributed by atoms with E-state index in [0.717, 1.165) is 24.1 Å². The number of aliphatic hydroxyl groups is 1. The van der Waals surface area contributed by atoms with Crippen LogP contribution in [0.1, 0.15) is 27.9 Å². The Morgan fingerprint density at radius 2 is 2.35 bits per heavy atom. The van der Waals surface area contributed by atoms with Gasteiger partial charge in [0.1, 0.15) is 6.61 Å². The van der Waals surface area contributed by atoms with E-state index in [1.54, 1.807) is 13.2 Å². The molecule has 2 rings (SSSR count). The Hall–Kier alpha value is -1.83. The Kier molecular flexibility index (Phi) is 4.78. The number of aryl methyl sites for hydroxylation is 1. The van der Waals surface area contributed by atoms with Gasteiger partial charge in [0.2, 0.25) is 0 Å². The van der Waals surface area contributed by atoms with E-state index >= 15 is 0 Å². The van der Waals surface area contributed by atoms with Crippen LogP contribution in [-0.4, -0.2) is 48.8 Å². The number of methoxy groups -OCH3 is 1. The molecule has 0 aromatic heterocycles. The topological polar surface area (TPSA) is 49.8 Å². The molecule has 1 aliphatic heterocycles. The smallest absolute Gasteiger partial charge is 0.253 e. The number of aliphatic hydroxyl groups excluding tert-OH is 1. The van der Waals surface area contributed by atoms with Crippen molar-refractivity contribution >= 4 is 5.91 Å². The minimum Gasteiger partial charge on any atom is -0.384 e. The first-order valence-electron chi connectivity index (χ1n) is 6.68. The lowest BCUT2D eigenvalue weighted by Gasteiger charge is -2.16. The SMILES string of the molecule is COC1CCN(C(=O)c2ccc(C#CCO)c(C)c2)C1. The number of rotatable bonds is 2. The molecule has 1 N–H and O–H groups in total. The molecule has 1 aromatic carbocycles. The number of likely N-dealkylation sites (tertiary alicyclic amines) is 1. The fourth-order valence-electron chi connectivity index (χ4n) is 2.36. The highest BCUT2D eigenvalue weighted by Gasteiger charge is 2.26. The molecule has 106 valence electrons. The van der Waals surface area contributed by atoms with Crippen LogP contribution in [0.5, 0.6) is 0 Å². The largest absolute Gasteiger partial charge is 0.384 e. The van der Waals surface area contributed by atoms with Crippen molar-refractivity contribution in [3.63, 3.8) is 0 Å². The van der Waals surface area contributed by atoms with E-state index in [1.807, 2.05) is 24.0 Å². The highest BCUT2D eigenvalue weighted by molar-refractivity contribution is 5.94. The maximum atomic E-state index is 12.4. The third kappa shape index (κ3) is 3.19. The monoisotopic (exact) mass is 273 g/mol. The molecular formula is C16H19NO3. The summed E-state index contributed by atoms with van der Waals surface area (Å²) in [6, 6.07) is 5.47. The van der Waals surface area contributed by atoms with E-state index < -0.39 is 0 Å². The van der Waals surface area contributed by atoms with Crippen LogP contribution >= 0.6 is 0 Å². The van der Waals surface area contributed by atoms with Crippen molar-refractivity contribution in [3.8, 4) is 11.8 Å². The highest BCUT2D eigenvalue weighted by Crippen LogP contribution is 2.17. The molecule has 1 heterocycles. The average Bonchev–Trinajstić information content (AvgIpc) is 2.94. The van der Waals surface area contributed by atoms with Crippen LogP contribution in [0.3, 0.4) is 0 Å². The molecule has 0 aliphatic carbocycles. The number of benzene rings is 1. The van der Waals surface area contributed by atoms with E-state index in [1.165, 1.54) is 0 Å². The summed E-state index contributed by atoms with van der Waals surface area (Å²) < 4.78 is 5.28. The maximum absolute atomic E-state index is 12.4. The number of hydrogen-bond acceptors (Lipinski definition) is 3. The molecule has 1 unspecified atom stereocenters. The second kappa shape index (κ2) is 6.56. The summed E-state index contributed by atoms with van der Waals surface area (Å²) >= 11 is 0. The minimum atomic E-state index is -0.160. The van der Waals surface area contributed by atoms with Gasteiger partial charge in [0.15, 0.2) is 0 Å². The Bertz CT molecular complexity index is 557. The number of ether oxygens (including phenoxy) is 1. The lowest BCUT2D eigenvalue weighted by Crippen LogP contribution is -2.30. The summed E-state index contributed by atoms with van der Waals surface area (Å²) in [5, 5.41) is 8.71. The van der Waals surface area contributed by atoms with Crippen molar-refractivity contribution in [3.05, 3.63) is 34.9 Å². The Balaban J connectivity index is 2.13. The van der Waals surface area contributed by atoms with Gasteiger partial charge in [-0.15, -0.1) is 0 Å². The van der Waals surface area contributed by atoms with E-state index in [0.29, 0.717) is 12.1 Å². The normalized spacial score (nSPS) is 17.8. The van der Waals surface area contributed by atoms with Crippen LogP contribution in [0.4, 0.5) is 0 Å². The summed E-state index contributed by atoms with van der Waals surface area (Å²) in [6.45, 7) is 3.15. The van der Waals surface area contributed by atoms with Gasteiger partial charge in [0.25, 0.3) is 5.91 Å². The van der Waals surface area contributed by atoms with E-state index in [9.17, 15) is 4.79 Å². The summed E-state index contributed by atoms with van der Waals surface area (Å²) in [5.74, 6) is 5.52.